The number of amides is 2. The molecule has 0 saturated carbocycles. The maximum atomic E-state index is 13.5. The zero-order chi connectivity index (χ0) is 14.9. The maximum Gasteiger partial charge on any atom is 0.249 e. The van der Waals surface area contributed by atoms with Crippen LogP contribution in [0.4, 0.5) is 10.1 Å². The standard InChI is InChI=1S/C14H18FN3O2/c1-8(16-3)11-6-10(15)4-5-12(11)18-7-13(19)17-14(20)9(18)2/h4-6,8-9,16H,7H2,1-3H3,(H,17,19,20). The van der Waals surface area contributed by atoms with Crippen molar-refractivity contribution in [1.29, 1.82) is 0 Å². The summed E-state index contributed by atoms with van der Waals surface area (Å²) in [7, 11) is 1.77. The number of halogens is 1. The number of carbonyl (C=O) groups excluding carboxylic acids is 2. The third-order valence-electron chi connectivity index (χ3n) is 3.62. The molecular weight excluding hydrogens is 261 g/mol. The van der Waals surface area contributed by atoms with E-state index in [1.54, 1.807) is 24.9 Å². The van der Waals surface area contributed by atoms with Gasteiger partial charge in [-0.15, -0.1) is 0 Å². The fourth-order valence-corrected chi connectivity index (χ4v) is 2.30. The Balaban J connectivity index is 2.45. The van der Waals surface area contributed by atoms with Gasteiger partial charge < -0.3 is 10.2 Å². The van der Waals surface area contributed by atoms with E-state index in [0.29, 0.717) is 5.69 Å². The fourth-order valence-electron chi connectivity index (χ4n) is 2.30. The predicted molar refractivity (Wildman–Crippen MR) is 73.8 cm³/mol. The zero-order valence-electron chi connectivity index (χ0n) is 11.7. The Kier molecular flexibility index (Phi) is 4.04. The van der Waals surface area contributed by atoms with Gasteiger partial charge in [0, 0.05) is 11.7 Å². The van der Waals surface area contributed by atoms with Crippen LogP contribution >= 0.6 is 0 Å². The summed E-state index contributed by atoms with van der Waals surface area (Å²) in [6, 6.07) is 3.82. The van der Waals surface area contributed by atoms with Crippen LogP contribution in [-0.4, -0.2) is 31.4 Å². The maximum absolute atomic E-state index is 13.5. The van der Waals surface area contributed by atoms with Crippen molar-refractivity contribution in [2.75, 3.05) is 18.5 Å². The molecule has 1 aliphatic heterocycles. The van der Waals surface area contributed by atoms with Crippen LogP contribution in [0.25, 0.3) is 0 Å². The van der Waals surface area contributed by atoms with Crippen LogP contribution in [0.1, 0.15) is 25.5 Å². The molecule has 0 spiro atoms. The summed E-state index contributed by atoms with van der Waals surface area (Å²) in [5.74, 6) is -1.03. The van der Waals surface area contributed by atoms with Crippen LogP contribution in [-0.2, 0) is 9.59 Å². The lowest BCUT2D eigenvalue weighted by molar-refractivity contribution is -0.132. The fraction of sp³-hybridized carbons (Fsp3) is 0.429. The minimum atomic E-state index is -0.471. The molecule has 2 N–H and O–H groups in total. The number of anilines is 1. The molecule has 1 heterocycles. The van der Waals surface area contributed by atoms with Gasteiger partial charge in [0.2, 0.25) is 11.8 Å². The molecular formula is C14H18FN3O2. The summed E-state index contributed by atoms with van der Waals surface area (Å²) < 4.78 is 13.5. The second-order valence-electron chi connectivity index (χ2n) is 4.93. The Morgan fingerprint density at radius 2 is 2.15 bits per heavy atom. The van der Waals surface area contributed by atoms with Gasteiger partial charge in [-0.3, -0.25) is 14.9 Å². The molecule has 1 aliphatic rings. The van der Waals surface area contributed by atoms with Crippen LogP contribution < -0.4 is 15.5 Å². The molecule has 108 valence electrons. The molecule has 1 aromatic rings. The third kappa shape index (κ3) is 2.65. The molecule has 0 aliphatic carbocycles. The Labute approximate surface area is 117 Å². The number of rotatable bonds is 3. The Bertz CT molecular complexity index is 547. The highest BCUT2D eigenvalue weighted by atomic mass is 19.1. The quantitative estimate of drug-likeness (QED) is 0.809. The lowest BCUT2D eigenvalue weighted by Crippen LogP contribution is -2.57. The normalized spacial score (nSPS) is 20.8. The number of imide groups is 1. The topological polar surface area (TPSA) is 61.4 Å². The molecule has 1 aromatic carbocycles. The van der Waals surface area contributed by atoms with Crippen LogP contribution in [0.2, 0.25) is 0 Å². The first-order valence-corrected chi connectivity index (χ1v) is 6.51. The van der Waals surface area contributed by atoms with Crippen molar-refractivity contribution in [2.45, 2.75) is 25.9 Å². The van der Waals surface area contributed by atoms with E-state index in [0.717, 1.165) is 5.56 Å². The van der Waals surface area contributed by atoms with Gasteiger partial charge in [-0.2, -0.15) is 0 Å². The van der Waals surface area contributed by atoms with Crippen molar-refractivity contribution in [2.24, 2.45) is 0 Å². The van der Waals surface area contributed by atoms with Crippen LogP contribution in [0.3, 0.4) is 0 Å². The number of hydrogen-bond acceptors (Lipinski definition) is 4. The monoisotopic (exact) mass is 279 g/mol. The molecule has 2 unspecified atom stereocenters. The highest BCUT2D eigenvalue weighted by molar-refractivity contribution is 6.04. The summed E-state index contributed by atoms with van der Waals surface area (Å²) >= 11 is 0. The first kappa shape index (κ1) is 14.5. The van der Waals surface area contributed by atoms with E-state index in [-0.39, 0.29) is 30.2 Å². The van der Waals surface area contributed by atoms with E-state index in [9.17, 15) is 14.0 Å². The average molecular weight is 279 g/mol. The molecule has 1 saturated heterocycles. The Morgan fingerprint density at radius 3 is 2.80 bits per heavy atom. The first-order chi connectivity index (χ1) is 9.43. The Morgan fingerprint density at radius 1 is 1.45 bits per heavy atom. The molecule has 0 bridgehead atoms. The number of nitrogens with zero attached hydrogens (tertiary/aromatic N) is 1. The average Bonchev–Trinajstić information content (AvgIpc) is 2.42. The molecule has 2 atom stereocenters. The molecule has 2 amide bonds. The summed E-state index contributed by atoms with van der Waals surface area (Å²) in [5.41, 5.74) is 1.42. The van der Waals surface area contributed by atoms with Crippen molar-refractivity contribution < 1.29 is 14.0 Å². The lowest BCUT2D eigenvalue weighted by atomic mass is 10.0. The van der Waals surface area contributed by atoms with Crippen molar-refractivity contribution in [3.05, 3.63) is 29.6 Å². The van der Waals surface area contributed by atoms with Gasteiger partial charge in [0.25, 0.3) is 0 Å². The van der Waals surface area contributed by atoms with Crippen molar-refractivity contribution in [3.63, 3.8) is 0 Å². The van der Waals surface area contributed by atoms with Gasteiger partial charge in [-0.05, 0) is 44.7 Å². The lowest BCUT2D eigenvalue weighted by Gasteiger charge is -2.35. The van der Waals surface area contributed by atoms with Crippen molar-refractivity contribution >= 4 is 17.5 Å². The van der Waals surface area contributed by atoms with Gasteiger partial charge in [0.1, 0.15) is 11.9 Å². The van der Waals surface area contributed by atoms with Gasteiger partial charge in [0.15, 0.2) is 0 Å². The van der Waals surface area contributed by atoms with Gasteiger partial charge in [-0.25, -0.2) is 4.39 Å². The molecule has 0 radical (unpaired) electrons. The van der Waals surface area contributed by atoms with E-state index >= 15 is 0 Å². The first-order valence-electron chi connectivity index (χ1n) is 6.51. The second-order valence-corrected chi connectivity index (χ2v) is 4.93. The minimum Gasteiger partial charge on any atom is -0.350 e. The smallest absolute Gasteiger partial charge is 0.249 e. The summed E-state index contributed by atoms with van der Waals surface area (Å²) in [4.78, 5) is 25.0. The highest BCUT2D eigenvalue weighted by Gasteiger charge is 2.32. The molecule has 0 aromatic heterocycles. The zero-order valence-corrected chi connectivity index (χ0v) is 11.7. The number of benzene rings is 1. The van der Waals surface area contributed by atoms with E-state index < -0.39 is 6.04 Å². The number of nitrogens with one attached hydrogen (secondary N) is 2. The second kappa shape index (κ2) is 5.58. The van der Waals surface area contributed by atoms with Crippen LogP contribution in [0.5, 0.6) is 0 Å². The number of hydrogen-bond donors (Lipinski definition) is 2. The Hall–Kier alpha value is -1.95. The molecule has 2 rings (SSSR count). The predicted octanol–water partition coefficient (Wildman–Crippen LogP) is 0.957. The van der Waals surface area contributed by atoms with E-state index in [1.807, 2.05) is 6.92 Å². The molecule has 1 fully saturated rings. The summed E-state index contributed by atoms with van der Waals surface area (Å²) in [6.07, 6.45) is 0. The van der Waals surface area contributed by atoms with Gasteiger partial charge in [-0.1, -0.05) is 0 Å². The van der Waals surface area contributed by atoms with Crippen molar-refractivity contribution in [3.8, 4) is 0 Å². The molecule has 5 nitrogen and oxygen atoms in total. The van der Waals surface area contributed by atoms with Crippen LogP contribution in [0, 0.1) is 5.82 Å². The largest absolute Gasteiger partial charge is 0.350 e. The van der Waals surface area contributed by atoms with E-state index in [4.69, 9.17) is 0 Å². The van der Waals surface area contributed by atoms with E-state index in [1.165, 1.54) is 12.1 Å². The SMILES string of the molecule is CNC(C)c1cc(F)ccc1N1CC(=O)NC(=O)C1C. The number of carbonyl (C=O) groups is 2. The summed E-state index contributed by atoms with van der Waals surface area (Å²) in [6.45, 7) is 3.70. The van der Waals surface area contributed by atoms with E-state index in [2.05, 4.69) is 10.6 Å². The van der Waals surface area contributed by atoms with Gasteiger partial charge >= 0.3 is 0 Å². The molecule has 6 heteroatoms. The van der Waals surface area contributed by atoms with Crippen LogP contribution in [0.15, 0.2) is 18.2 Å². The molecule has 20 heavy (non-hydrogen) atoms. The summed E-state index contributed by atoms with van der Waals surface area (Å²) in [5, 5.41) is 5.34. The highest BCUT2D eigenvalue weighted by Crippen LogP contribution is 2.29. The van der Waals surface area contributed by atoms with Crippen molar-refractivity contribution in [1.82, 2.24) is 10.6 Å². The third-order valence-corrected chi connectivity index (χ3v) is 3.62. The van der Waals surface area contributed by atoms with Gasteiger partial charge in [0.05, 0.1) is 6.54 Å². The number of piperazine rings is 1. The minimum absolute atomic E-state index is 0.0853.